The number of anilines is 1. The molecule has 1 aliphatic heterocycles. The topological polar surface area (TPSA) is 83.0 Å². The number of carbonyl (C=O) groups excluding carboxylic acids is 1. The van der Waals surface area contributed by atoms with Crippen molar-refractivity contribution in [2.45, 2.75) is 19.3 Å². The van der Waals surface area contributed by atoms with E-state index in [1.807, 2.05) is 26.0 Å². The van der Waals surface area contributed by atoms with Crippen molar-refractivity contribution in [2.24, 2.45) is 5.92 Å². The molecule has 2 atom stereocenters. The first kappa shape index (κ1) is 18.2. The monoisotopic (exact) mass is 335 g/mol. The van der Waals surface area contributed by atoms with Crippen LogP contribution in [0.5, 0.6) is 0 Å². The van der Waals surface area contributed by atoms with E-state index < -0.39 is 17.9 Å². The fraction of sp³-hybridized carbons (Fsp3) is 0.588. The van der Waals surface area contributed by atoms with Crippen LogP contribution in [-0.2, 0) is 9.53 Å². The van der Waals surface area contributed by atoms with E-state index in [4.69, 9.17) is 4.74 Å². The van der Waals surface area contributed by atoms with Crippen LogP contribution >= 0.6 is 0 Å². The number of likely N-dealkylation sites (tertiary alicyclic amines) is 1. The van der Waals surface area contributed by atoms with E-state index in [1.54, 1.807) is 19.2 Å². The molecule has 0 spiro atoms. The van der Waals surface area contributed by atoms with E-state index in [0.717, 1.165) is 18.7 Å². The maximum absolute atomic E-state index is 12.4. The quantitative estimate of drug-likeness (QED) is 0.788. The summed E-state index contributed by atoms with van der Waals surface area (Å²) in [5.41, 5.74) is 1.27. The molecule has 2 unspecified atom stereocenters. The van der Waals surface area contributed by atoms with Crippen LogP contribution in [0.25, 0.3) is 0 Å². The summed E-state index contributed by atoms with van der Waals surface area (Å²) in [6, 6.07) is 1.66. The second kappa shape index (κ2) is 7.61. The van der Waals surface area contributed by atoms with Crippen LogP contribution in [0.15, 0.2) is 12.3 Å². The van der Waals surface area contributed by atoms with Gasteiger partial charge in [-0.3, -0.25) is 9.78 Å². The summed E-state index contributed by atoms with van der Waals surface area (Å²) in [6.07, 6.45) is 2.37. The summed E-state index contributed by atoms with van der Waals surface area (Å²) >= 11 is 0. The zero-order valence-corrected chi connectivity index (χ0v) is 14.7. The first-order valence-corrected chi connectivity index (χ1v) is 8.10. The summed E-state index contributed by atoms with van der Waals surface area (Å²) in [6.45, 7) is 3.48. The van der Waals surface area contributed by atoms with Crippen LogP contribution in [0, 0.1) is 5.92 Å². The fourth-order valence-corrected chi connectivity index (χ4v) is 3.11. The first-order chi connectivity index (χ1) is 11.3. The van der Waals surface area contributed by atoms with Crippen molar-refractivity contribution in [1.29, 1.82) is 0 Å². The van der Waals surface area contributed by atoms with Crippen molar-refractivity contribution in [3.8, 4) is 0 Å². The highest BCUT2D eigenvalue weighted by molar-refractivity contribution is 5.93. The molecule has 0 aliphatic carbocycles. The minimum absolute atomic E-state index is 0.0709. The summed E-state index contributed by atoms with van der Waals surface area (Å²) in [7, 11) is 5.65. The predicted molar refractivity (Wildman–Crippen MR) is 90.5 cm³/mol. The van der Waals surface area contributed by atoms with Gasteiger partial charge in [-0.05, 0) is 38.9 Å². The van der Waals surface area contributed by atoms with Gasteiger partial charge in [0, 0.05) is 20.6 Å². The number of carboxylic acids is 1. The number of rotatable bonds is 6. The second-order valence-corrected chi connectivity index (χ2v) is 6.37. The van der Waals surface area contributed by atoms with Crippen LogP contribution in [0.3, 0.4) is 0 Å². The Hall–Kier alpha value is -2.15. The molecule has 132 valence electrons. The van der Waals surface area contributed by atoms with Crippen molar-refractivity contribution >= 4 is 17.6 Å². The van der Waals surface area contributed by atoms with Crippen LogP contribution in [0.4, 0.5) is 5.69 Å². The minimum atomic E-state index is -0.953. The van der Waals surface area contributed by atoms with Gasteiger partial charge >= 0.3 is 11.9 Å². The second-order valence-electron chi connectivity index (χ2n) is 6.37. The summed E-state index contributed by atoms with van der Waals surface area (Å²) in [5, 5.41) is 9.77. The van der Waals surface area contributed by atoms with E-state index in [2.05, 4.69) is 9.88 Å². The number of hydrogen-bond donors (Lipinski definition) is 1. The lowest BCUT2D eigenvalue weighted by atomic mass is 9.86. The van der Waals surface area contributed by atoms with Crippen LogP contribution in [0.1, 0.15) is 35.3 Å². The average Bonchev–Trinajstić information content (AvgIpc) is 2.93. The number of carbonyl (C=O) groups is 2. The van der Waals surface area contributed by atoms with Gasteiger partial charge in [0.05, 0.1) is 29.7 Å². The van der Waals surface area contributed by atoms with Crippen molar-refractivity contribution in [3.05, 3.63) is 23.5 Å². The third-order valence-corrected chi connectivity index (χ3v) is 4.38. The molecule has 2 rings (SSSR count). The Kier molecular flexibility index (Phi) is 5.77. The Morgan fingerprint density at radius 2 is 2.21 bits per heavy atom. The Bertz CT molecular complexity index is 618. The number of aromatic nitrogens is 1. The van der Waals surface area contributed by atoms with E-state index in [1.165, 1.54) is 0 Å². The zero-order valence-electron chi connectivity index (χ0n) is 14.7. The van der Waals surface area contributed by atoms with Gasteiger partial charge in [-0.2, -0.15) is 0 Å². The van der Waals surface area contributed by atoms with Crippen LogP contribution in [0.2, 0.25) is 0 Å². The van der Waals surface area contributed by atoms with Gasteiger partial charge in [0.25, 0.3) is 0 Å². The van der Waals surface area contributed by atoms with Crippen molar-refractivity contribution < 1.29 is 19.4 Å². The highest BCUT2D eigenvalue weighted by atomic mass is 16.5. The molecule has 7 nitrogen and oxygen atoms in total. The van der Waals surface area contributed by atoms with Gasteiger partial charge in [-0.1, -0.05) is 0 Å². The molecule has 1 aromatic heterocycles. The standard InChI is InChI=1S/C17H25N3O4/c1-5-24-17(23)13-8-12(19(2)3)9-18-15(13)14(16(21)22)11-6-7-20(4)10-11/h8-9,11,14H,5-7,10H2,1-4H3,(H,21,22). The smallest absolute Gasteiger partial charge is 0.340 e. The molecule has 1 saturated heterocycles. The summed E-state index contributed by atoms with van der Waals surface area (Å²) < 4.78 is 5.12. The van der Waals surface area contributed by atoms with Gasteiger partial charge in [-0.15, -0.1) is 0 Å². The molecule has 2 heterocycles. The Labute approximate surface area is 142 Å². The normalized spacial score (nSPS) is 19.1. The predicted octanol–water partition coefficient (Wildman–Crippen LogP) is 1.44. The van der Waals surface area contributed by atoms with E-state index in [9.17, 15) is 14.7 Å². The fourth-order valence-electron chi connectivity index (χ4n) is 3.11. The van der Waals surface area contributed by atoms with Crippen LogP contribution in [-0.4, -0.2) is 67.8 Å². The van der Waals surface area contributed by atoms with Crippen molar-refractivity contribution in [3.63, 3.8) is 0 Å². The number of carboxylic acid groups (broad SMARTS) is 1. The SMILES string of the molecule is CCOC(=O)c1cc(N(C)C)cnc1C(C(=O)O)C1CCN(C)C1. The highest BCUT2D eigenvalue weighted by Gasteiger charge is 2.37. The molecular formula is C17H25N3O4. The number of pyridine rings is 1. The average molecular weight is 335 g/mol. The molecule has 1 aliphatic rings. The lowest BCUT2D eigenvalue weighted by Crippen LogP contribution is -2.27. The molecule has 1 aromatic rings. The molecule has 7 heteroatoms. The summed E-state index contributed by atoms with van der Waals surface area (Å²) in [4.78, 5) is 32.6. The van der Waals surface area contributed by atoms with Gasteiger partial charge in [0.2, 0.25) is 0 Å². The third-order valence-electron chi connectivity index (χ3n) is 4.38. The lowest BCUT2D eigenvalue weighted by Gasteiger charge is -2.22. The molecule has 24 heavy (non-hydrogen) atoms. The Morgan fingerprint density at radius 3 is 2.71 bits per heavy atom. The molecule has 0 amide bonds. The number of esters is 1. The van der Waals surface area contributed by atoms with Crippen LogP contribution < -0.4 is 4.90 Å². The molecular weight excluding hydrogens is 310 g/mol. The minimum Gasteiger partial charge on any atom is -0.481 e. The summed E-state index contributed by atoms with van der Waals surface area (Å²) in [5.74, 6) is -2.36. The van der Waals surface area contributed by atoms with E-state index >= 15 is 0 Å². The molecule has 1 fully saturated rings. The van der Waals surface area contributed by atoms with Crippen molar-refractivity contribution in [2.75, 3.05) is 45.7 Å². The first-order valence-electron chi connectivity index (χ1n) is 8.10. The Balaban J connectivity index is 2.48. The van der Waals surface area contributed by atoms with Crippen molar-refractivity contribution in [1.82, 2.24) is 9.88 Å². The number of ether oxygens (including phenoxy) is 1. The maximum atomic E-state index is 12.4. The molecule has 0 bridgehead atoms. The number of hydrogen-bond acceptors (Lipinski definition) is 6. The number of nitrogens with zero attached hydrogens (tertiary/aromatic N) is 3. The van der Waals surface area contributed by atoms with E-state index in [0.29, 0.717) is 12.2 Å². The lowest BCUT2D eigenvalue weighted by molar-refractivity contribution is -0.140. The molecule has 0 aromatic carbocycles. The van der Waals surface area contributed by atoms with E-state index in [-0.39, 0.29) is 18.1 Å². The Morgan fingerprint density at radius 1 is 1.50 bits per heavy atom. The molecule has 1 N–H and O–H groups in total. The van der Waals surface area contributed by atoms with Gasteiger partial charge < -0.3 is 19.6 Å². The van der Waals surface area contributed by atoms with Gasteiger partial charge in [0.15, 0.2) is 0 Å². The number of aliphatic carboxylic acids is 1. The third kappa shape index (κ3) is 3.84. The van der Waals surface area contributed by atoms with Gasteiger partial charge in [0.1, 0.15) is 5.92 Å². The van der Waals surface area contributed by atoms with Gasteiger partial charge in [-0.25, -0.2) is 4.79 Å². The maximum Gasteiger partial charge on any atom is 0.340 e. The largest absolute Gasteiger partial charge is 0.481 e. The molecule has 0 radical (unpaired) electrons. The zero-order chi connectivity index (χ0) is 17.9. The molecule has 0 saturated carbocycles. The highest BCUT2D eigenvalue weighted by Crippen LogP contribution is 2.34.